The van der Waals surface area contributed by atoms with Crippen LogP contribution in [0, 0.1) is 13.8 Å². The van der Waals surface area contributed by atoms with Crippen LogP contribution in [0.15, 0.2) is 41.3 Å². The summed E-state index contributed by atoms with van der Waals surface area (Å²) in [6.07, 6.45) is 2.08. The summed E-state index contributed by atoms with van der Waals surface area (Å²) in [5.41, 5.74) is 4.03. The summed E-state index contributed by atoms with van der Waals surface area (Å²) < 4.78 is 0. The third-order valence-electron chi connectivity index (χ3n) is 3.27. The highest BCUT2D eigenvalue weighted by Crippen LogP contribution is 2.28. The van der Waals surface area contributed by atoms with Crippen molar-refractivity contribution in [1.29, 1.82) is 0 Å². The van der Waals surface area contributed by atoms with Crippen LogP contribution in [0.25, 0.3) is 0 Å². The molecule has 2 N–H and O–H groups in total. The molecule has 2 aromatic rings. The number of benzene rings is 2. The maximum Gasteiger partial charge on any atom is 0.123 e. The molecule has 0 spiro atoms. The molecule has 0 aliphatic carbocycles. The molecule has 0 atom stereocenters. The number of aryl methyl sites for hydroxylation is 1. The predicted octanol–water partition coefficient (Wildman–Crippen LogP) is 4.34. The number of anilines is 1. The number of hydrogen-bond donors (Lipinski definition) is 2. The van der Waals surface area contributed by atoms with Gasteiger partial charge in [-0.1, -0.05) is 18.2 Å². The summed E-state index contributed by atoms with van der Waals surface area (Å²) in [6.45, 7) is 4.60. The molecule has 100 valence electrons. The van der Waals surface area contributed by atoms with Gasteiger partial charge in [0.2, 0.25) is 0 Å². The van der Waals surface area contributed by atoms with E-state index < -0.39 is 0 Å². The zero-order valence-electron chi connectivity index (χ0n) is 11.5. The second kappa shape index (κ2) is 6.02. The number of phenolic OH excluding ortho intramolecular Hbond substituents is 1. The highest BCUT2D eigenvalue weighted by molar-refractivity contribution is 7.98. The molecule has 0 unspecified atom stereocenters. The molecule has 0 aliphatic heterocycles. The monoisotopic (exact) mass is 273 g/mol. The van der Waals surface area contributed by atoms with Gasteiger partial charge in [-0.05, 0) is 49.4 Å². The van der Waals surface area contributed by atoms with E-state index in [1.54, 1.807) is 11.8 Å². The number of aromatic hydroxyl groups is 1. The quantitative estimate of drug-likeness (QED) is 0.813. The smallest absolute Gasteiger partial charge is 0.123 e. The van der Waals surface area contributed by atoms with E-state index in [4.69, 9.17) is 0 Å². The lowest BCUT2D eigenvalue weighted by Crippen LogP contribution is -2.01. The Kier molecular flexibility index (Phi) is 4.38. The Morgan fingerprint density at radius 3 is 2.37 bits per heavy atom. The zero-order chi connectivity index (χ0) is 13.8. The first-order valence-corrected chi connectivity index (χ1v) is 7.50. The normalized spacial score (nSPS) is 10.5. The number of phenols is 1. The maximum atomic E-state index is 9.91. The average molecular weight is 273 g/mol. The number of nitrogens with one attached hydrogen (secondary N) is 1. The molecule has 2 nitrogen and oxygen atoms in total. The Labute approximate surface area is 118 Å². The molecule has 3 heteroatoms. The van der Waals surface area contributed by atoms with E-state index in [1.807, 2.05) is 26.0 Å². The van der Waals surface area contributed by atoms with Gasteiger partial charge >= 0.3 is 0 Å². The number of hydrogen-bond acceptors (Lipinski definition) is 3. The van der Waals surface area contributed by atoms with Crippen LogP contribution in [0.2, 0.25) is 0 Å². The van der Waals surface area contributed by atoms with Crippen molar-refractivity contribution in [2.75, 3.05) is 11.6 Å². The van der Waals surface area contributed by atoms with Crippen molar-refractivity contribution in [3.8, 4) is 5.75 Å². The van der Waals surface area contributed by atoms with E-state index in [1.165, 1.54) is 10.5 Å². The fraction of sp³-hybridized carbons (Fsp3) is 0.250. The zero-order valence-corrected chi connectivity index (χ0v) is 12.3. The molecule has 0 aromatic heterocycles. The molecule has 0 bridgehead atoms. The average Bonchev–Trinajstić information content (AvgIpc) is 2.45. The van der Waals surface area contributed by atoms with Crippen molar-refractivity contribution in [3.63, 3.8) is 0 Å². The van der Waals surface area contributed by atoms with Gasteiger partial charge in [-0.15, -0.1) is 11.8 Å². The van der Waals surface area contributed by atoms with Gasteiger partial charge in [-0.3, -0.25) is 0 Å². The maximum absolute atomic E-state index is 9.91. The van der Waals surface area contributed by atoms with Crippen LogP contribution in [-0.4, -0.2) is 11.4 Å². The third kappa shape index (κ3) is 3.24. The van der Waals surface area contributed by atoms with Crippen molar-refractivity contribution >= 4 is 17.4 Å². The standard InChI is InChI=1S/C16H19NOS/c1-11-4-9-15(12(2)16(11)18)17-10-13-5-7-14(19-3)8-6-13/h4-9,17-18H,10H2,1-3H3. The Bertz CT molecular complexity index is 564. The molecular formula is C16H19NOS. The van der Waals surface area contributed by atoms with Gasteiger partial charge < -0.3 is 10.4 Å². The third-order valence-corrected chi connectivity index (χ3v) is 4.02. The summed E-state index contributed by atoms with van der Waals surface area (Å²) >= 11 is 1.74. The van der Waals surface area contributed by atoms with Gasteiger partial charge in [0.15, 0.2) is 0 Å². The van der Waals surface area contributed by atoms with Crippen LogP contribution in [0.5, 0.6) is 5.75 Å². The SMILES string of the molecule is CSc1ccc(CNc2ccc(C)c(O)c2C)cc1. The fourth-order valence-electron chi connectivity index (χ4n) is 1.97. The fourth-order valence-corrected chi connectivity index (χ4v) is 2.38. The van der Waals surface area contributed by atoms with Gasteiger partial charge in [-0.2, -0.15) is 0 Å². The Morgan fingerprint density at radius 1 is 1.05 bits per heavy atom. The predicted molar refractivity (Wildman–Crippen MR) is 83.1 cm³/mol. The molecule has 0 saturated carbocycles. The molecular weight excluding hydrogens is 254 g/mol. The van der Waals surface area contributed by atoms with Crippen LogP contribution >= 0.6 is 11.8 Å². The number of rotatable bonds is 4. The Balaban J connectivity index is 2.08. The van der Waals surface area contributed by atoms with E-state index >= 15 is 0 Å². The lowest BCUT2D eigenvalue weighted by molar-refractivity contribution is 0.467. The first-order chi connectivity index (χ1) is 9.11. The van der Waals surface area contributed by atoms with Gasteiger partial charge in [-0.25, -0.2) is 0 Å². The molecule has 2 aromatic carbocycles. The summed E-state index contributed by atoms with van der Waals surface area (Å²) in [4.78, 5) is 1.27. The molecule has 0 heterocycles. The van der Waals surface area contributed by atoms with Crippen LogP contribution in [-0.2, 0) is 6.54 Å². The van der Waals surface area contributed by atoms with Crippen molar-refractivity contribution in [1.82, 2.24) is 0 Å². The minimum absolute atomic E-state index is 0.378. The van der Waals surface area contributed by atoms with Crippen LogP contribution < -0.4 is 5.32 Å². The van der Waals surface area contributed by atoms with E-state index in [0.717, 1.165) is 23.4 Å². The van der Waals surface area contributed by atoms with Crippen molar-refractivity contribution in [2.24, 2.45) is 0 Å². The van der Waals surface area contributed by atoms with Gasteiger partial charge in [0, 0.05) is 22.7 Å². The second-order valence-electron chi connectivity index (χ2n) is 4.61. The van der Waals surface area contributed by atoms with Crippen molar-refractivity contribution in [3.05, 3.63) is 53.1 Å². The molecule has 0 saturated heterocycles. The second-order valence-corrected chi connectivity index (χ2v) is 5.48. The topological polar surface area (TPSA) is 32.3 Å². The van der Waals surface area contributed by atoms with Crippen molar-refractivity contribution < 1.29 is 5.11 Å². The summed E-state index contributed by atoms with van der Waals surface area (Å²) in [5, 5.41) is 13.3. The van der Waals surface area contributed by atoms with Crippen LogP contribution in [0.1, 0.15) is 16.7 Å². The first kappa shape index (κ1) is 13.8. The summed E-state index contributed by atoms with van der Waals surface area (Å²) in [6, 6.07) is 12.5. The van der Waals surface area contributed by atoms with Gasteiger partial charge in [0.25, 0.3) is 0 Å². The van der Waals surface area contributed by atoms with E-state index in [9.17, 15) is 5.11 Å². The van der Waals surface area contributed by atoms with Gasteiger partial charge in [0.1, 0.15) is 5.75 Å². The molecule has 19 heavy (non-hydrogen) atoms. The molecule has 0 aliphatic rings. The highest BCUT2D eigenvalue weighted by Gasteiger charge is 2.05. The Hall–Kier alpha value is -1.61. The minimum Gasteiger partial charge on any atom is -0.507 e. The lowest BCUT2D eigenvalue weighted by Gasteiger charge is -2.12. The largest absolute Gasteiger partial charge is 0.507 e. The van der Waals surface area contributed by atoms with Crippen molar-refractivity contribution in [2.45, 2.75) is 25.3 Å². The highest BCUT2D eigenvalue weighted by atomic mass is 32.2. The molecule has 2 rings (SSSR count). The van der Waals surface area contributed by atoms with Crippen LogP contribution in [0.4, 0.5) is 5.69 Å². The van der Waals surface area contributed by atoms with Gasteiger partial charge in [0.05, 0.1) is 0 Å². The molecule has 0 amide bonds. The summed E-state index contributed by atoms with van der Waals surface area (Å²) in [5.74, 6) is 0.378. The van der Waals surface area contributed by atoms with E-state index in [0.29, 0.717) is 5.75 Å². The minimum atomic E-state index is 0.378. The van der Waals surface area contributed by atoms with E-state index in [-0.39, 0.29) is 0 Å². The Morgan fingerprint density at radius 2 is 1.74 bits per heavy atom. The summed E-state index contributed by atoms with van der Waals surface area (Å²) in [7, 11) is 0. The van der Waals surface area contributed by atoms with Crippen LogP contribution in [0.3, 0.4) is 0 Å². The lowest BCUT2D eigenvalue weighted by atomic mass is 10.1. The van der Waals surface area contributed by atoms with E-state index in [2.05, 4.69) is 35.8 Å². The molecule has 0 fully saturated rings. The molecule has 0 radical (unpaired) electrons. The first-order valence-electron chi connectivity index (χ1n) is 6.28. The number of thioether (sulfide) groups is 1.